The summed E-state index contributed by atoms with van der Waals surface area (Å²) >= 11 is 5.85. The second kappa shape index (κ2) is 8.39. The van der Waals surface area contributed by atoms with Gasteiger partial charge in [0.2, 0.25) is 5.75 Å². The number of oxime groups is 1. The van der Waals surface area contributed by atoms with E-state index in [9.17, 15) is 4.79 Å². The van der Waals surface area contributed by atoms with Crippen LogP contribution in [0, 0.1) is 0 Å². The normalized spacial score (nSPS) is 11.0. The van der Waals surface area contributed by atoms with E-state index in [4.69, 9.17) is 30.6 Å². The molecule has 0 atom stereocenters. The van der Waals surface area contributed by atoms with Gasteiger partial charge in [-0.3, -0.25) is 0 Å². The van der Waals surface area contributed by atoms with E-state index in [1.165, 1.54) is 33.5 Å². The van der Waals surface area contributed by atoms with Crippen molar-refractivity contribution in [1.29, 1.82) is 0 Å². The number of benzene rings is 2. The molecule has 0 aromatic heterocycles. The van der Waals surface area contributed by atoms with Crippen LogP contribution in [0.25, 0.3) is 0 Å². The van der Waals surface area contributed by atoms with Crippen LogP contribution in [0.3, 0.4) is 0 Å². The molecule has 25 heavy (non-hydrogen) atoms. The zero-order valence-electron chi connectivity index (χ0n) is 14.3. The Morgan fingerprint density at radius 2 is 1.48 bits per heavy atom. The van der Waals surface area contributed by atoms with Crippen molar-refractivity contribution in [2.24, 2.45) is 5.16 Å². The highest BCUT2D eigenvalue weighted by atomic mass is 35.5. The highest BCUT2D eigenvalue weighted by Crippen LogP contribution is 2.38. The molecule has 2 rings (SSSR count). The lowest BCUT2D eigenvalue weighted by atomic mass is 10.1. The van der Waals surface area contributed by atoms with Gasteiger partial charge in [0.15, 0.2) is 11.5 Å². The molecule has 6 nitrogen and oxygen atoms in total. The molecule has 7 heteroatoms. The SMILES string of the molecule is COc1cc(C(=O)O/N=C(/C)c2ccc(Cl)cc2)cc(OC)c1OC. The van der Waals surface area contributed by atoms with Crippen molar-refractivity contribution < 1.29 is 23.8 Å². The van der Waals surface area contributed by atoms with E-state index in [2.05, 4.69) is 5.16 Å². The fraction of sp³-hybridized carbons (Fsp3) is 0.222. The molecule has 0 aliphatic heterocycles. The minimum Gasteiger partial charge on any atom is -0.493 e. The van der Waals surface area contributed by atoms with Crippen LogP contribution in [0.1, 0.15) is 22.8 Å². The molecule has 0 unspecified atom stereocenters. The van der Waals surface area contributed by atoms with E-state index in [1.54, 1.807) is 31.2 Å². The fourth-order valence-electron chi connectivity index (χ4n) is 2.11. The second-order valence-electron chi connectivity index (χ2n) is 4.98. The quantitative estimate of drug-likeness (QED) is 0.441. The number of hydrogen-bond donors (Lipinski definition) is 0. The average molecular weight is 364 g/mol. The molecule has 0 aliphatic carbocycles. The number of carbonyl (C=O) groups is 1. The lowest BCUT2D eigenvalue weighted by Gasteiger charge is -2.13. The van der Waals surface area contributed by atoms with Crippen molar-refractivity contribution in [3.05, 3.63) is 52.5 Å². The summed E-state index contributed by atoms with van der Waals surface area (Å²) in [4.78, 5) is 17.3. The number of halogens is 1. The molecule has 2 aromatic carbocycles. The van der Waals surface area contributed by atoms with E-state index < -0.39 is 5.97 Å². The highest BCUT2D eigenvalue weighted by molar-refractivity contribution is 6.30. The van der Waals surface area contributed by atoms with Gasteiger partial charge in [-0.05, 0) is 36.8 Å². The van der Waals surface area contributed by atoms with E-state index >= 15 is 0 Å². The molecular formula is C18H18ClNO5. The first kappa shape index (κ1) is 18.6. The Balaban J connectivity index is 2.23. The van der Waals surface area contributed by atoms with Gasteiger partial charge >= 0.3 is 5.97 Å². The predicted octanol–water partition coefficient (Wildman–Crippen LogP) is 3.95. The monoisotopic (exact) mass is 363 g/mol. The lowest BCUT2D eigenvalue weighted by molar-refractivity contribution is 0.0515. The molecule has 0 N–H and O–H groups in total. The first-order valence-corrected chi connectivity index (χ1v) is 7.69. The van der Waals surface area contributed by atoms with Gasteiger partial charge in [-0.2, -0.15) is 0 Å². The number of methoxy groups -OCH3 is 3. The summed E-state index contributed by atoms with van der Waals surface area (Å²) in [6.07, 6.45) is 0. The Morgan fingerprint density at radius 1 is 0.920 bits per heavy atom. The first-order valence-electron chi connectivity index (χ1n) is 7.32. The van der Waals surface area contributed by atoms with Crippen molar-refractivity contribution in [2.75, 3.05) is 21.3 Å². The maximum atomic E-state index is 12.3. The summed E-state index contributed by atoms with van der Waals surface area (Å²) in [6, 6.07) is 10.0. The Hall–Kier alpha value is -2.73. The average Bonchev–Trinajstić information content (AvgIpc) is 2.64. The Bertz CT molecular complexity index is 762. The smallest absolute Gasteiger partial charge is 0.366 e. The molecular weight excluding hydrogens is 346 g/mol. The number of hydrogen-bond acceptors (Lipinski definition) is 6. The number of rotatable bonds is 6. The minimum atomic E-state index is -0.646. The second-order valence-corrected chi connectivity index (χ2v) is 5.41. The van der Waals surface area contributed by atoms with Crippen molar-refractivity contribution >= 4 is 23.3 Å². The zero-order chi connectivity index (χ0) is 18.4. The van der Waals surface area contributed by atoms with Crippen LogP contribution in [0.5, 0.6) is 17.2 Å². The maximum absolute atomic E-state index is 12.3. The molecule has 0 heterocycles. The summed E-state index contributed by atoms with van der Waals surface area (Å²) in [7, 11) is 4.42. The Morgan fingerprint density at radius 3 is 1.96 bits per heavy atom. The third-order valence-corrected chi connectivity index (χ3v) is 3.68. The van der Waals surface area contributed by atoms with Crippen LogP contribution in [0.2, 0.25) is 5.02 Å². The third kappa shape index (κ3) is 4.42. The molecule has 2 aromatic rings. The van der Waals surface area contributed by atoms with Gasteiger partial charge in [-0.25, -0.2) is 4.79 Å². The summed E-state index contributed by atoms with van der Waals surface area (Å²) in [5.74, 6) is 0.453. The lowest BCUT2D eigenvalue weighted by Crippen LogP contribution is -2.06. The summed E-state index contributed by atoms with van der Waals surface area (Å²) in [5, 5.41) is 4.48. The zero-order valence-corrected chi connectivity index (χ0v) is 15.1. The van der Waals surface area contributed by atoms with E-state index in [0.717, 1.165) is 5.56 Å². The van der Waals surface area contributed by atoms with Gasteiger partial charge in [0.1, 0.15) is 0 Å². The highest BCUT2D eigenvalue weighted by Gasteiger charge is 2.18. The number of carbonyl (C=O) groups excluding carboxylic acids is 1. The van der Waals surface area contributed by atoms with Gasteiger partial charge in [0, 0.05) is 5.02 Å². The van der Waals surface area contributed by atoms with Crippen molar-refractivity contribution in [2.45, 2.75) is 6.92 Å². The molecule has 0 fully saturated rings. The van der Waals surface area contributed by atoms with Gasteiger partial charge in [-0.1, -0.05) is 28.9 Å². The summed E-state index contributed by atoms with van der Waals surface area (Å²) < 4.78 is 15.6. The van der Waals surface area contributed by atoms with Gasteiger partial charge in [-0.15, -0.1) is 0 Å². The van der Waals surface area contributed by atoms with E-state index in [1.807, 2.05) is 0 Å². The first-order chi connectivity index (χ1) is 12.0. The topological polar surface area (TPSA) is 66.4 Å². The minimum absolute atomic E-state index is 0.224. The van der Waals surface area contributed by atoms with Crippen molar-refractivity contribution in [3.63, 3.8) is 0 Å². The van der Waals surface area contributed by atoms with E-state index in [-0.39, 0.29) is 5.56 Å². The third-order valence-electron chi connectivity index (χ3n) is 3.43. The van der Waals surface area contributed by atoms with Crippen LogP contribution in [-0.4, -0.2) is 33.0 Å². The van der Waals surface area contributed by atoms with Gasteiger partial charge in [0.25, 0.3) is 0 Å². The van der Waals surface area contributed by atoms with Crippen LogP contribution in [-0.2, 0) is 4.84 Å². The van der Waals surface area contributed by atoms with Crippen LogP contribution in [0.15, 0.2) is 41.6 Å². The van der Waals surface area contributed by atoms with Crippen LogP contribution >= 0.6 is 11.6 Å². The molecule has 0 aliphatic rings. The van der Waals surface area contributed by atoms with Crippen LogP contribution in [0.4, 0.5) is 0 Å². The summed E-state index contributed by atoms with van der Waals surface area (Å²) in [6.45, 7) is 1.73. The molecule has 0 bridgehead atoms. The van der Waals surface area contributed by atoms with Crippen molar-refractivity contribution in [3.8, 4) is 17.2 Å². The molecule has 0 spiro atoms. The molecule has 0 saturated heterocycles. The maximum Gasteiger partial charge on any atom is 0.366 e. The molecule has 0 radical (unpaired) electrons. The molecule has 0 saturated carbocycles. The van der Waals surface area contributed by atoms with Crippen molar-refractivity contribution in [1.82, 2.24) is 0 Å². The molecule has 0 amide bonds. The largest absolute Gasteiger partial charge is 0.493 e. The summed E-state index contributed by atoms with van der Waals surface area (Å²) in [5.41, 5.74) is 1.56. The number of ether oxygens (including phenoxy) is 3. The molecule has 132 valence electrons. The standard InChI is InChI=1S/C18H18ClNO5/c1-11(12-5-7-14(19)8-6-12)20-25-18(21)13-9-15(22-2)17(24-4)16(10-13)23-3/h5-10H,1-4H3/b20-11-. The Kier molecular flexibility index (Phi) is 6.25. The Labute approximate surface area is 150 Å². The number of nitrogens with zero attached hydrogens (tertiary/aromatic N) is 1. The predicted molar refractivity (Wildman–Crippen MR) is 95.2 cm³/mol. The van der Waals surface area contributed by atoms with E-state index in [0.29, 0.717) is 28.0 Å². The van der Waals surface area contributed by atoms with Gasteiger partial charge in [0.05, 0.1) is 32.6 Å². The van der Waals surface area contributed by atoms with Gasteiger partial charge < -0.3 is 19.0 Å². The fourth-order valence-corrected chi connectivity index (χ4v) is 2.23. The van der Waals surface area contributed by atoms with Crippen LogP contribution < -0.4 is 14.2 Å².